The maximum Gasteiger partial charge on any atom is 0.0665 e. The third-order valence-electron chi connectivity index (χ3n) is 4.96. The van der Waals surface area contributed by atoms with E-state index in [-0.39, 0.29) is 0 Å². The minimum atomic E-state index is 0.882. The second kappa shape index (κ2) is 5.92. The van der Waals surface area contributed by atoms with Gasteiger partial charge in [0.25, 0.3) is 0 Å². The molecule has 0 bridgehead atoms. The van der Waals surface area contributed by atoms with Crippen molar-refractivity contribution in [3.8, 4) is 11.1 Å². The number of aromatic nitrogens is 3. The molecule has 2 aromatic heterocycles. The first-order chi connectivity index (χ1) is 12.8. The number of hydrogen-bond donors (Lipinski definition) is 0. The maximum absolute atomic E-state index is 4.70. The van der Waals surface area contributed by atoms with Crippen LogP contribution >= 0.6 is 0 Å². The van der Waals surface area contributed by atoms with Gasteiger partial charge in [-0.3, -0.25) is 14.7 Å². The van der Waals surface area contributed by atoms with Crippen LogP contribution in [0.3, 0.4) is 0 Å². The van der Waals surface area contributed by atoms with Crippen molar-refractivity contribution in [3.63, 3.8) is 0 Å². The Morgan fingerprint density at radius 3 is 2.85 bits per heavy atom. The van der Waals surface area contributed by atoms with Crippen LogP contribution in [0.2, 0.25) is 0 Å². The van der Waals surface area contributed by atoms with Gasteiger partial charge in [0, 0.05) is 48.8 Å². The van der Waals surface area contributed by atoms with E-state index in [1.54, 1.807) is 0 Å². The van der Waals surface area contributed by atoms with Gasteiger partial charge in [-0.1, -0.05) is 18.2 Å². The van der Waals surface area contributed by atoms with Crippen LogP contribution in [0, 0.1) is 0 Å². The van der Waals surface area contributed by atoms with Gasteiger partial charge in [0.2, 0.25) is 0 Å². The standard InChI is InChI=1S/C22H18N4/c1-26-14-18(13-25-26)17-11-20-19(6-8-22(20)24-12-17)15-5-7-21-16(10-15)4-2-3-9-23-21/h2-3,5-7,9-14H,4,8H2,1H3. The van der Waals surface area contributed by atoms with Gasteiger partial charge in [-0.05, 0) is 47.4 Å². The quantitative estimate of drug-likeness (QED) is 0.700. The Labute approximate surface area is 152 Å². The highest BCUT2D eigenvalue weighted by Gasteiger charge is 2.19. The molecule has 26 heavy (non-hydrogen) atoms. The van der Waals surface area contributed by atoms with E-state index in [0.29, 0.717) is 0 Å². The van der Waals surface area contributed by atoms with Gasteiger partial charge < -0.3 is 0 Å². The average molecular weight is 338 g/mol. The van der Waals surface area contributed by atoms with Gasteiger partial charge in [0.05, 0.1) is 17.6 Å². The van der Waals surface area contributed by atoms with Crippen molar-refractivity contribution in [2.24, 2.45) is 12.0 Å². The van der Waals surface area contributed by atoms with Gasteiger partial charge in [-0.25, -0.2) is 0 Å². The van der Waals surface area contributed by atoms with E-state index < -0.39 is 0 Å². The topological polar surface area (TPSA) is 43.1 Å². The van der Waals surface area contributed by atoms with Crippen molar-refractivity contribution in [2.75, 3.05) is 0 Å². The van der Waals surface area contributed by atoms with Gasteiger partial charge >= 0.3 is 0 Å². The van der Waals surface area contributed by atoms with Crippen molar-refractivity contribution >= 4 is 17.5 Å². The minimum absolute atomic E-state index is 0.882. The number of aryl methyl sites for hydroxylation is 1. The second-order valence-corrected chi connectivity index (χ2v) is 6.70. The van der Waals surface area contributed by atoms with E-state index in [1.165, 1.54) is 22.3 Å². The molecule has 3 heterocycles. The van der Waals surface area contributed by atoms with Crippen LogP contribution in [0.5, 0.6) is 0 Å². The molecule has 1 aliphatic carbocycles. The summed E-state index contributed by atoms with van der Waals surface area (Å²) in [6, 6.07) is 8.78. The van der Waals surface area contributed by atoms with E-state index in [2.05, 4.69) is 46.5 Å². The molecule has 1 aliphatic heterocycles. The number of nitrogens with zero attached hydrogens (tertiary/aromatic N) is 4. The highest BCUT2D eigenvalue weighted by molar-refractivity contribution is 5.87. The number of hydrogen-bond acceptors (Lipinski definition) is 3. The predicted octanol–water partition coefficient (Wildman–Crippen LogP) is 4.28. The summed E-state index contributed by atoms with van der Waals surface area (Å²) in [5.41, 5.74) is 9.37. The molecule has 0 radical (unpaired) electrons. The summed E-state index contributed by atoms with van der Waals surface area (Å²) in [5.74, 6) is 0. The molecule has 4 heteroatoms. The number of allylic oxidation sites excluding steroid dienone is 3. The Balaban J connectivity index is 1.57. The van der Waals surface area contributed by atoms with Crippen LogP contribution < -0.4 is 0 Å². The van der Waals surface area contributed by atoms with Gasteiger partial charge in [0.1, 0.15) is 0 Å². The van der Waals surface area contributed by atoms with Crippen LogP contribution in [0.25, 0.3) is 16.7 Å². The summed E-state index contributed by atoms with van der Waals surface area (Å²) in [4.78, 5) is 9.20. The molecular weight excluding hydrogens is 320 g/mol. The second-order valence-electron chi connectivity index (χ2n) is 6.70. The molecule has 4 nitrogen and oxygen atoms in total. The summed E-state index contributed by atoms with van der Waals surface area (Å²) in [7, 11) is 1.93. The third-order valence-corrected chi connectivity index (χ3v) is 4.96. The molecule has 0 atom stereocenters. The molecule has 3 aromatic rings. The van der Waals surface area contributed by atoms with Gasteiger partial charge in [-0.2, -0.15) is 5.10 Å². The first kappa shape index (κ1) is 15.0. The molecule has 0 spiro atoms. The lowest BCUT2D eigenvalue weighted by Crippen LogP contribution is -1.93. The third kappa shape index (κ3) is 2.51. The van der Waals surface area contributed by atoms with Gasteiger partial charge in [-0.15, -0.1) is 0 Å². The molecule has 1 aromatic carbocycles. The predicted molar refractivity (Wildman–Crippen MR) is 105 cm³/mol. The Bertz CT molecular complexity index is 1100. The molecule has 0 saturated heterocycles. The summed E-state index contributed by atoms with van der Waals surface area (Å²) < 4.78 is 1.82. The molecule has 2 aliphatic rings. The molecule has 0 saturated carbocycles. The summed E-state index contributed by atoms with van der Waals surface area (Å²) in [6.07, 6.45) is 15.9. The molecule has 5 rings (SSSR count). The zero-order chi connectivity index (χ0) is 17.5. The lowest BCUT2D eigenvalue weighted by Gasteiger charge is -2.10. The summed E-state index contributed by atoms with van der Waals surface area (Å²) in [5, 5.41) is 4.28. The number of benzene rings is 1. The minimum Gasteiger partial charge on any atom is -0.275 e. The molecule has 0 amide bonds. The largest absolute Gasteiger partial charge is 0.275 e. The highest BCUT2D eigenvalue weighted by Crippen LogP contribution is 2.36. The zero-order valence-corrected chi connectivity index (χ0v) is 14.6. The Morgan fingerprint density at radius 2 is 1.96 bits per heavy atom. The molecule has 0 fully saturated rings. The van der Waals surface area contributed by atoms with Crippen molar-refractivity contribution in [1.82, 2.24) is 14.8 Å². The van der Waals surface area contributed by atoms with E-state index >= 15 is 0 Å². The Kier molecular flexibility index (Phi) is 3.42. The lowest BCUT2D eigenvalue weighted by molar-refractivity contribution is 0.768. The average Bonchev–Trinajstić information content (AvgIpc) is 3.20. The van der Waals surface area contributed by atoms with Crippen LogP contribution in [0.4, 0.5) is 5.69 Å². The highest BCUT2D eigenvalue weighted by atomic mass is 15.2. The fourth-order valence-corrected chi connectivity index (χ4v) is 3.62. The monoisotopic (exact) mass is 338 g/mol. The summed E-state index contributed by atoms with van der Waals surface area (Å²) in [6.45, 7) is 0. The Morgan fingerprint density at radius 1 is 1.00 bits per heavy atom. The number of aliphatic imine (C=N–C) groups is 1. The summed E-state index contributed by atoms with van der Waals surface area (Å²) >= 11 is 0. The first-order valence-electron chi connectivity index (χ1n) is 8.79. The van der Waals surface area contributed by atoms with E-state index in [0.717, 1.165) is 35.3 Å². The van der Waals surface area contributed by atoms with Crippen molar-refractivity contribution in [3.05, 3.63) is 83.5 Å². The molecular formula is C22H18N4. The fourth-order valence-electron chi connectivity index (χ4n) is 3.62. The SMILES string of the molecule is Cn1cc(-c2cnc3c(c2)C(c2ccc4c(c2)CC=CC=N4)=CC3)cn1. The van der Waals surface area contributed by atoms with Crippen LogP contribution in [0.15, 0.2) is 66.1 Å². The van der Waals surface area contributed by atoms with Crippen molar-refractivity contribution < 1.29 is 0 Å². The lowest BCUT2D eigenvalue weighted by atomic mass is 9.96. The normalized spacial score (nSPS) is 14.7. The van der Waals surface area contributed by atoms with Crippen LogP contribution in [-0.4, -0.2) is 21.0 Å². The molecule has 126 valence electrons. The molecule has 0 N–H and O–H groups in total. The van der Waals surface area contributed by atoms with Crippen LogP contribution in [-0.2, 0) is 19.9 Å². The van der Waals surface area contributed by atoms with Gasteiger partial charge in [0.15, 0.2) is 0 Å². The number of pyridine rings is 1. The first-order valence-corrected chi connectivity index (χ1v) is 8.79. The maximum atomic E-state index is 4.70. The van der Waals surface area contributed by atoms with Crippen molar-refractivity contribution in [2.45, 2.75) is 12.8 Å². The fraction of sp³-hybridized carbons (Fsp3) is 0.136. The van der Waals surface area contributed by atoms with Crippen molar-refractivity contribution in [1.29, 1.82) is 0 Å². The number of rotatable bonds is 2. The number of fused-ring (bicyclic) bond motifs is 2. The van der Waals surface area contributed by atoms with E-state index in [4.69, 9.17) is 4.98 Å². The van der Waals surface area contributed by atoms with E-state index in [9.17, 15) is 0 Å². The smallest absolute Gasteiger partial charge is 0.0665 e. The van der Waals surface area contributed by atoms with E-state index in [1.807, 2.05) is 42.6 Å². The zero-order valence-electron chi connectivity index (χ0n) is 14.6. The van der Waals surface area contributed by atoms with Crippen LogP contribution in [0.1, 0.15) is 22.4 Å². The Hall–Kier alpha value is -3.27. The molecule has 0 unspecified atom stereocenters.